The zero-order valence-electron chi connectivity index (χ0n) is 15.8. The summed E-state index contributed by atoms with van der Waals surface area (Å²) < 4.78 is 26.7. The predicted octanol–water partition coefficient (Wildman–Crippen LogP) is 3.92. The predicted molar refractivity (Wildman–Crippen MR) is 108 cm³/mol. The van der Waals surface area contributed by atoms with Crippen LogP contribution >= 0.6 is 0 Å². The van der Waals surface area contributed by atoms with E-state index in [0.717, 1.165) is 48.8 Å². The maximum absolute atomic E-state index is 12.3. The minimum atomic E-state index is -3.26. The highest BCUT2D eigenvalue weighted by Crippen LogP contribution is 2.27. The molecule has 1 aromatic heterocycles. The molecular formula is C20H29N3O2S. The second-order valence-corrected chi connectivity index (χ2v) is 10.7. The van der Waals surface area contributed by atoms with Gasteiger partial charge in [-0.25, -0.2) is 13.1 Å². The van der Waals surface area contributed by atoms with Crippen LogP contribution in [0.15, 0.2) is 36.5 Å². The van der Waals surface area contributed by atoms with Crippen LogP contribution in [0.4, 0.5) is 5.69 Å². The summed E-state index contributed by atoms with van der Waals surface area (Å²) in [6.45, 7) is 6.14. The first-order chi connectivity index (χ1) is 12.2. The van der Waals surface area contributed by atoms with Gasteiger partial charge in [-0.3, -0.25) is 4.98 Å². The Balaban J connectivity index is 1.49. The highest BCUT2D eigenvalue weighted by molar-refractivity contribution is 7.90. The SMILES string of the molecule is CC(C)(C)S(=O)(=O)N[C@H]1CC[C@H](CNc2ccc3ncccc3c2)CC1. The molecule has 0 atom stereocenters. The van der Waals surface area contributed by atoms with Gasteiger partial charge in [0.15, 0.2) is 0 Å². The van der Waals surface area contributed by atoms with Crippen LogP contribution in [0, 0.1) is 5.92 Å². The van der Waals surface area contributed by atoms with Gasteiger partial charge in [-0.2, -0.15) is 0 Å². The Hall–Kier alpha value is -1.66. The van der Waals surface area contributed by atoms with Crippen molar-refractivity contribution in [3.05, 3.63) is 36.5 Å². The molecule has 1 aromatic carbocycles. The monoisotopic (exact) mass is 375 g/mol. The van der Waals surface area contributed by atoms with E-state index < -0.39 is 14.8 Å². The van der Waals surface area contributed by atoms with Crippen molar-refractivity contribution in [3.8, 4) is 0 Å². The molecule has 5 nitrogen and oxygen atoms in total. The zero-order chi connectivity index (χ0) is 18.8. The molecule has 1 aliphatic carbocycles. The lowest BCUT2D eigenvalue weighted by atomic mass is 9.86. The average Bonchev–Trinajstić information content (AvgIpc) is 2.60. The number of anilines is 1. The molecule has 0 saturated heterocycles. The van der Waals surface area contributed by atoms with Crippen LogP contribution in [-0.2, 0) is 10.0 Å². The fraction of sp³-hybridized carbons (Fsp3) is 0.550. The second-order valence-electron chi connectivity index (χ2n) is 8.24. The Bertz CT molecular complexity index is 851. The summed E-state index contributed by atoms with van der Waals surface area (Å²) in [6.07, 6.45) is 5.70. The molecule has 3 rings (SSSR count). The summed E-state index contributed by atoms with van der Waals surface area (Å²) in [5, 5.41) is 4.66. The van der Waals surface area contributed by atoms with Gasteiger partial charge in [-0.1, -0.05) is 6.07 Å². The van der Waals surface area contributed by atoms with E-state index >= 15 is 0 Å². The van der Waals surface area contributed by atoms with E-state index in [4.69, 9.17) is 0 Å². The number of hydrogen-bond acceptors (Lipinski definition) is 4. The number of sulfonamides is 1. The summed E-state index contributed by atoms with van der Waals surface area (Å²) in [5.41, 5.74) is 2.12. The maximum Gasteiger partial charge on any atom is 0.216 e. The number of pyridine rings is 1. The molecule has 1 heterocycles. The van der Waals surface area contributed by atoms with Crippen molar-refractivity contribution in [2.75, 3.05) is 11.9 Å². The normalized spacial score (nSPS) is 21.7. The van der Waals surface area contributed by atoms with Crippen LogP contribution < -0.4 is 10.0 Å². The van der Waals surface area contributed by atoms with Gasteiger partial charge in [-0.05, 0) is 76.6 Å². The fourth-order valence-electron chi connectivity index (χ4n) is 3.33. The molecule has 0 spiro atoms. The molecule has 2 aromatic rings. The molecule has 0 aliphatic heterocycles. The molecule has 142 valence electrons. The number of aromatic nitrogens is 1. The molecule has 0 radical (unpaired) electrons. The second kappa shape index (κ2) is 7.53. The average molecular weight is 376 g/mol. The van der Waals surface area contributed by atoms with E-state index in [-0.39, 0.29) is 6.04 Å². The topological polar surface area (TPSA) is 71.1 Å². The molecule has 0 unspecified atom stereocenters. The third-order valence-corrected chi connectivity index (χ3v) is 7.43. The van der Waals surface area contributed by atoms with Crippen molar-refractivity contribution in [2.45, 2.75) is 57.2 Å². The molecule has 0 amide bonds. The number of nitrogens with one attached hydrogen (secondary N) is 2. The third-order valence-electron chi connectivity index (χ3n) is 5.17. The molecule has 26 heavy (non-hydrogen) atoms. The van der Waals surface area contributed by atoms with Crippen LogP contribution in [0.1, 0.15) is 46.5 Å². The van der Waals surface area contributed by atoms with E-state index in [1.54, 1.807) is 20.8 Å². The van der Waals surface area contributed by atoms with Crippen molar-refractivity contribution >= 4 is 26.6 Å². The largest absolute Gasteiger partial charge is 0.385 e. The van der Waals surface area contributed by atoms with Crippen LogP contribution in [0.5, 0.6) is 0 Å². The summed E-state index contributed by atoms with van der Waals surface area (Å²) in [6, 6.07) is 10.3. The maximum atomic E-state index is 12.3. The van der Waals surface area contributed by atoms with Crippen LogP contribution in [-0.4, -0.2) is 30.7 Å². The van der Waals surface area contributed by atoms with Gasteiger partial charge in [0.05, 0.1) is 10.3 Å². The molecular weight excluding hydrogens is 346 g/mol. The number of nitrogens with zero attached hydrogens (tertiary/aromatic N) is 1. The van der Waals surface area contributed by atoms with Gasteiger partial charge in [-0.15, -0.1) is 0 Å². The number of rotatable bonds is 5. The Morgan fingerprint density at radius 3 is 2.54 bits per heavy atom. The van der Waals surface area contributed by atoms with Crippen LogP contribution in [0.2, 0.25) is 0 Å². The van der Waals surface area contributed by atoms with Crippen molar-refractivity contribution in [3.63, 3.8) is 0 Å². The first kappa shape index (κ1) is 19.1. The lowest BCUT2D eigenvalue weighted by Gasteiger charge is -2.31. The highest BCUT2D eigenvalue weighted by Gasteiger charge is 2.32. The molecule has 1 aliphatic rings. The minimum Gasteiger partial charge on any atom is -0.385 e. The minimum absolute atomic E-state index is 0.0715. The lowest BCUT2D eigenvalue weighted by Crippen LogP contribution is -2.46. The van der Waals surface area contributed by atoms with Crippen molar-refractivity contribution in [1.82, 2.24) is 9.71 Å². The smallest absolute Gasteiger partial charge is 0.216 e. The summed E-state index contributed by atoms with van der Waals surface area (Å²) >= 11 is 0. The lowest BCUT2D eigenvalue weighted by molar-refractivity contribution is 0.322. The first-order valence-electron chi connectivity index (χ1n) is 9.35. The number of benzene rings is 1. The summed E-state index contributed by atoms with van der Waals surface area (Å²) in [4.78, 5) is 4.34. The molecule has 0 bridgehead atoms. The molecule has 1 fully saturated rings. The summed E-state index contributed by atoms with van der Waals surface area (Å²) in [7, 11) is -3.26. The zero-order valence-corrected chi connectivity index (χ0v) is 16.6. The van der Waals surface area contributed by atoms with E-state index in [1.165, 1.54) is 0 Å². The molecule has 1 saturated carbocycles. The van der Waals surface area contributed by atoms with E-state index in [2.05, 4.69) is 33.2 Å². The quantitative estimate of drug-likeness (QED) is 0.831. The molecule has 6 heteroatoms. The summed E-state index contributed by atoms with van der Waals surface area (Å²) in [5.74, 6) is 0.579. The Morgan fingerprint density at radius 2 is 1.85 bits per heavy atom. The highest BCUT2D eigenvalue weighted by atomic mass is 32.2. The van der Waals surface area contributed by atoms with Crippen LogP contribution in [0.25, 0.3) is 10.9 Å². The van der Waals surface area contributed by atoms with Crippen molar-refractivity contribution in [1.29, 1.82) is 0 Å². The Kier molecular flexibility index (Phi) is 5.53. The van der Waals surface area contributed by atoms with Gasteiger partial charge in [0.1, 0.15) is 0 Å². The third kappa shape index (κ3) is 4.54. The van der Waals surface area contributed by atoms with Crippen molar-refractivity contribution < 1.29 is 8.42 Å². The first-order valence-corrected chi connectivity index (χ1v) is 10.8. The standard InChI is InChI=1S/C20H29N3O2S/c1-20(2,3)26(24,25)23-17-8-6-15(7-9-17)14-22-18-10-11-19-16(13-18)5-4-12-21-19/h4-5,10-13,15,17,22-23H,6-9,14H2,1-3H3/t15-,17-. The number of hydrogen-bond donors (Lipinski definition) is 2. The van der Waals surface area contributed by atoms with Crippen LogP contribution in [0.3, 0.4) is 0 Å². The van der Waals surface area contributed by atoms with E-state index in [1.807, 2.05) is 18.3 Å². The molecule has 2 N–H and O–H groups in total. The van der Waals surface area contributed by atoms with Gasteiger partial charge in [0, 0.05) is 29.9 Å². The number of fused-ring (bicyclic) bond motifs is 1. The van der Waals surface area contributed by atoms with E-state index in [9.17, 15) is 8.42 Å². The van der Waals surface area contributed by atoms with Gasteiger partial charge >= 0.3 is 0 Å². The Labute approximate surface area is 156 Å². The van der Waals surface area contributed by atoms with Gasteiger partial charge < -0.3 is 5.32 Å². The Morgan fingerprint density at radius 1 is 1.12 bits per heavy atom. The van der Waals surface area contributed by atoms with Crippen molar-refractivity contribution in [2.24, 2.45) is 5.92 Å². The fourth-order valence-corrected chi connectivity index (χ4v) is 4.36. The van der Waals surface area contributed by atoms with Gasteiger partial charge in [0.25, 0.3) is 0 Å². The van der Waals surface area contributed by atoms with E-state index in [0.29, 0.717) is 5.92 Å². The van der Waals surface area contributed by atoms with Gasteiger partial charge in [0.2, 0.25) is 10.0 Å².